The van der Waals surface area contributed by atoms with E-state index < -0.39 is 52.3 Å². The van der Waals surface area contributed by atoms with E-state index in [1.165, 1.54) is 0 Å². The van der Waals surface area contributed by atoms with Crippen LogP contribution in [0.3, 0.4) is 0 Å². The third-order valence-corrected chi connectivity index (χ3v) is 4.84. The van der Waals surface area contributed by atoms with Crippen LogP contribution < -0.4 is 10.4 Å². The summed E-state index contributed by atoms with van der Waals surface area (Å²) in [6.45, 7) is 3.80. The van der Waals surface area contributed by atoms with Crippen LogP contribution in [0.5, 0.6) is 0 Å². The van der Waals surface area contributed by atoms with Gasteiger partial charge in [-0.3, -0.25) is 0 Å². The first kappa shape index (κ1) is 20.2. The van der Waals surface area contributed by atoms with E-state index in [-0.39, 0.29) is 5.22 Å². The molecule has 28 heavy (non-hydrogen) atoms. The normalized spacial score (nSPS) is 18.2. The molecule has 7 heteroatoms. The Labute approximate surface area is 156 Å². The fourth-order valence-corrected chi connectivity index (χ4v) is 3.23. The molecule has 0 heterocycles. The zero-order valence-corrected chi connectivity index (χ0v) is 14.9. The van der Waals surface area contributed by atoms with Crippen LogP contribution >= 0.6 is 0 Å². The Kier molecular flexibility index (Phi) is 5.12. The molecule has 0 fully saturated rings. The van der Waals surface area contributed by atoms with Crippen molar-refractivity contribution in [2.75, 3.05) is 0 Å². The van der Waals surface area contributed by atoms with Gasteiger partial charge in [0.2, 0.25) is 0 Å². The molecule has 0 radical (unpaired) electrons. The average Bonchev–Trinajstić information content (AvgIpc) is 2.54. The van der Waals surface area contributed by atoms with Crippen molar-refractivity contribution in [1.82, 2.24) is 0 Å². The van der Waals surface area contributed by atoms with Crippen LogP contribution in [0.4, 0.5) is 30.7 Å². The summed E-state index contributed by atoms with van der Waals surface area (Å²) in [5.41, 5.74) is 0.159. The molecular weight excluding hydrogens is 385 g/mol. The Morgan fingerprint density at radius 2 is 1.43 bits per heavy atom. The van der Waals surface area contributed by atoms with Gasteiger partial charge in [-0.1, -0.05) is 23.3 Å². The largest absolute Gasteiger partial charge is 0.421 e. The summed E-state index contributed by atoms with van der Waals surface area (Å²) in [4.78, 5) is 0. The molecule has 0 nitrogen and oxygen atoms in total. The summed E-state index contributed by atoms with van der Waals surface area (Å²) in [6.07, 6.45) is -1.93. The molecule has 0 spiro atoms. The lowest BCUT2D eigenvalue weighted by Crippen LogP contribution is -2.24. The molecule has 0 N–H and O–H groups in total. The second-order valence-electron chi connectivity index (χ2n) is 6.79. The highest BCUT2D eigenvalue weighted by Gasteiger charge is 2.41. The zero-order valence-electron chi connectivity index (χ0n) is 14.9. The van der Waals surface area contributed by atoms with Crippen molar-refractivity contribution in [2.45, 2.75) is 32.9 Å². The standard InChI is InChI=1S/C21H15F7/c1-10-3-4-12(5-11(10)2)13-6-15(22)19(16(23)7-13)14-8-17(24)20(18(25)9-14)21(26,27)28/h3-4,6-8H,5,9H2,1-2H3. The second-order valence-corrected chi connectivity index (χ2v) is 6.79. The predicted octanol–water partition coefficient (Wildman–Crippen LogP) is 5.61. The Bertz CT molecular complexity index is 1060. The molecule has 0 saturated carbocycles. The molecule has 0 saturated heterocycles. The van der Waals surface area contributed by atoms with Gasteiger partial charge in [0.15, 0.2) is 0 Å². The summed E-state index contributed by atoms with van der Waals surface area (Å²) < 4.78 is 94.9. The van der Waals surface area contributed by atoms with Gasteiger partial charge in [0.1, 0.15) is 28.9 Å². The van der Waals surface area contributed by atoms with Crippen LogP contribution in [-0.2, 0) is 0 Å². The second kappa shape index (κ2) is 7.11. The van der Waals surface area contributed by atoms with Crippen molar-refractivity contribution < 1.29 is 30.7 Å². The lowest BCUT2D eigenvalue weighted by atomic mass is 9.93. The van der Waals surface area contributed by atoms with E-state index in [0.717, 1.165) is 23.3 Å². The minimum atomic E-state index is -5.23. The average molecular weight is 400 g/mol. The topological polar surface area (TPSA) is 0 Å². The van der Waals surface area contributed by atoms with E-state index in [2.05, 4.69) is 0 Å². The Morgan fingerprint density at radius 1 is 0.821 bits per heavy atom. The fourth-order valence-electron chi connectivity index (χ4n) is 3.23. The minimum Gasteiger partial charge on any atom is -0.211 e. The van der Waals surface area contributed by atoms with E-state index >= 15 is 0 Å². The van der Waals surface area contributed by atoms with Crippen LogP contribution in [0, 0.1) is 11.6 Å². The lowest BCUT2D eigenvalue weighted by molar-refractivity contribution is -0.0931. The van der Waals surface area contributed by atoms with Crippen LogP contribution in [0.1, 0.15) is 26.7 Å². The van der Waals surface area contributed by atoms with Crippen molar-refractivity contribution in [2.24, 2.45) is 0 Å². The Morgan fingerprint density at radius 3 is 1.93 bits per heavy atom. The third kappa shape index (κ3) is 3.70. The number of rotatable bonds is 0. The summed E-state index contributed by atoms with van der Waals surface area (Å²) in [5.74, 6) is -5.91. The summed E-state index contributed by atoms with van der Waals surface area (Å²) in [5, 5.41) is -0.478. The number of allylic oxidation sites excluding steroid dienone is 8. The van der Waals surface area contributed by atoms with Crippen molar-refractivity contribution in [3.63, 3.8) is 0 Å². The van der Waals surface area contributed by atoms with E-state index in [9.17, 15) is 30.7 Å². The van der Waals surface area contributed by atoms with E-state index in [0.29, 0.717) is 18.1 Å². The first-order chi connectivity index (χ1) is 13.0. The van der Waals surface area contributed by atoms with Crippen LogP contribution in [0.15, 0.2) is 58.7 Å². The van der Waals surface area contributed by atoms with E-state index in [1.807, 2.05) is 19.9 Å². The molecular formula is C21H15F7. The number of hydrogen-bond donors (Lipinski definition) is 0. The van der Waals surface area contributed by atoms with Crippen molar-refractivity contribution in [3.05, 3.63) is 80.8 Å². The Balaban J connectivity index is 2.17. The van der Waals surface area contributed by atoms with Gasteiger partial charge in [0.05, 0.1) is 0 Å². The molecule has 1 aromatic carbocycles. The van der Waals surface area contributed by atoms with Crippen LogP contribution in [0.25, 0.3) is 11.1 Å². The summed E-state index contributed by atoms with van der Waals surface area (Å²) in [7, 11) is 0. The van der Waals surface area contributed by atoms with Gasteiger partial charge in [0.25, 0.3) is 0 Å². The number of alkyl halides is 3. The smallest absolute Gasteiger partial charge is 0.211 e. The number of halogens is 7. The van der Waals surface area contributed by atoms with Crippen molar-refractivity contribution >= 4 is 11.1 Å². The molecule has 148 valence electrons. The molecule has 2 aliphatic rings. The maximum atomic E-state index is 14.6. The SMILES string of the molecule is CC1=C(C)CC(=c2cc(F)c(=C3C=C(F)C(C(F)(F)F)=C(F)C3)c(F)c2)C=C1. The third-order valence-electron chi connectivity index (χ3n) is 4.84. The molecule has 0 aliphatic heterocycles. The molecule has 0 aromatic heterocycles. The minimum absolute atomic E-state index is 0.259. The molecule has 1 aromatic rings. The van der Waals surface area contributed by atoms with Crippen LogP contribution in [0.2, 0.25) is 0 Å². The van der Waals surface area contributed by atoms with Gasteiger partial charge < -0.3 is 0 Å². The molecule has 3 rings (SSSR count). The summed E-state index contributed by atoms with van der Waals surface area (Å²) >= 11 is 0. The highest BCUT2D eigenvalue weighted by Crippen LogP contribution is 2.40. The highest BCUT2D eigenvalue weighted by molar-refractivity contribution is 5.67. The van der Waals surface area contributed by atoms with Crippen molar-refractivity contribution in [3.8, 4) is 0 Å². The van der Waals surface area contributed by atoms with Crippen molar-refractivity contribution in [1.29, 1.82) is 0 Å². The first-order valence-electron chi connectivity index (χ1n) is 8.38. The van der Waals surface area contributed by atoms with Gasteiger partial charge in [-0.05, 0) is 54.8 Å². The van der Waals surface area contributed by atoms with Gasteiger partial charge in [-0.25, -0.2) is 17.6 Å². The number of benzene rings is 1. The predicted molar refractivity (Wildman–Crippen MR) is 92.6 cm³/mol. The van der Waals surface area contributed by atoms with Gasteiger partial charge in [-0.15, -0.1) is 0 Å². The molecule has 0 unspecified atom stereocenters. The van der Waals surface area contributed by atoms with Gasteiger partial charge >= 0.3 is 6.18 Å². The molecule has 0 atom stereocenters. The van der Waals surface area contributed by atoms with Crippen LogP contribution in [-0.4, -0.2) is 6.18 Å². The lowest BCUT2D eigenvalue weighted by Gasteiger charge is -2.17. The Hall–Kier alpha value is -2.57. The maximum absolute atomic E-state index is 14.6. The molecule has 2 aliphatic carbocycles. The maximum Gasteiger partial charge on any atom is 0.421 e. The first-order valence-corrected chi connectivity index (χ1v) is 8.38. The number of hydrogen-bond acceptors (Lipinski definition) is 0. The monoisotopic (exact) mass is 400 g/mol. The van der Waals surface area contributed by atoms with Gasteiger partial charge in [0, 0.05) is 11.6 Å². The zero-order chi connectivity index (χ0) is 20.8. The molecule has 0 bridgehead atoms. The summed E-state index contributed by atoms with van der Waals surface area (Å²) in [6, 6.07) is 2.04. The highest BCUT2D eigenvalue weighted by atomic mass is 19.4. The quantitative estimate of drug-likeness (QED) is 0.497. The van der Waals surface area contributed by atoms with E-state index in [4.69, 9.17) is 0 Å². The molecule has 0 amide bonds. The fraction of sp³-hybridized carbons (Fsp3) is 0.238. The van der Waals surface area contributed by atoms with Gasteiger partial charge in [-0.2, -0.15) is 13.2 Å². The van der Waals surface area contributed by atoms with E-state index in [1.54, 1.807) is 6.08 Å².